The SMILES string of the molecule is CC1(C)CC(=O)[C@H]2C(c3ccc(Cl)cc3)=NN[C@H]2C1. The fourth-order valence-corrected chi connectivity index (χ4v) is 3.27. The summed E-state index contributed by atoms with van der Waals surface area (Å²) in [6, 6.07) is 7.67. The Hall–Kier alpha value is -1.35. The van der Waals surface area contributed by atoms with Crippen LogP contribution < -0.4 is 5.43 Å². The summed E-state index contributed by atoms with van der Waals surface area (Å²) in [5.74, 6) is 0.189. The molecule has 0 radical (unpaired) electrons. The second-order valence-corrected chi connectivity index (χ2v) is 6.67. The summed E-state index contributed by atoms with van der Waals surface area (Å²) in [6.07, 6.45) is 1.60. The molecule has 1 saturated carbocycles. The van der Waals surface area contributed by atoms with Crippen molar-refractivity contribution in [1.29, 1.82) is 0 Å². The number of carbonyl (C=O) groups excluding carboxylic acids is 1. The average molecular weight is 277 g/mol. The van der Waals surface area contributed by atoms with Crippen molar-refractivity contribution < 1.29 is 4.79 Å². The maximum Gasteiger partial charge on any atom is 0.144 e. The topological polar surface area (TPSA) is 41.5 Å². The molecular formula is C15H17ClN2O. The molecule has 1 fully saturated rings. The minimum atomic E-state index is -0.103. The molecule has 1 aromatic rings. The molecule has 0 unspecified atom stereocenters. The van der Waals surface area contributed by atoms with Gasteiger partial charge in [-0.05, 0) is 29.5 Å². The van der Waals surface area contributed by atoms with E-state index in [-0.39, 0.29) is 17.4 Å². The van der Waals surface area contributed by atoms with Crippen molar-refractivity contribution in [2.45, 2.75) is 32.7 Å². The molecule has 0 amide bonds. The second-order valence-electron chi connectivity index (χ2n) is 6.23. The van der Waals surface area contributed by atoms with Crippen LogP contribution in [0.1, 0.15) is 32.3 Å². The van der Waals surface area contributed by atoms with Crippen LogP contribution in [0.25, 0.3) is 0 Å². The molecule has 2 atom stereocenters. The molecule has 1 aliphatic heterocycles. The van der Waals surface area contributed by atoms with Crippen molar-refractivity contribution >= 4 is 23.1 Å². The average Bonchev–Trinajstić information content (AvgIpc) is 2.72. The lowest BCUT2D eigenvalue weighted by Gasteiger charge is -2.36. The quantitative estimate of drug-likeness (QED) is 0.857. The third-order valence-electron chi connectivity index (χ3n) is 3.96. The molecule has 4 heteroatoms. The summed E-state index contributed by atoms with van der Waals surface area (Å²) >= 11 is 5.90. The van der Waals surface area contributed by atoms with E-state index in [0.29, 0.717) is 17.2 Å². The van der Waals surface area contributed by atoms with Crippen molar-refractivity contribution in [3.63, 3.8) is 0 Å². The van der Waals surface area contributed by atoms with Gasteiger partial charge in [-0.25, -0.2) is 0 Å². The number of Topliss-reactive ketones (excluding diaryl/α,β-unsaturated/α-hetero) is 1. The van der Waals surface area contributed by atoms with Crippen LogP contribution >= 0.6 is 11.6 Å². The lowest BCUT2D eigenvalue weighted by atomic mass is 9.68. The van der Waals surface area contributed by atoms with Gasteiger partial charge >= 0.3 is 0 Å². The lowest BCUT2D eigenvalue weighted by Crippen LogP contribution is -2.45. The molecule has 0 saturated heterocycles. The molecule has 3 rings (SSSR count). The van der Waals surface area contributed by atoms with Gasteiger partial charge in [-0.3, -0.25) is 4.79 Å². The Labute approximate surface area is 118 Å². The fourth-order valence-electron chi connectivity index (χ4n) is 3.14. The molecule has 0 spiro atoms. The number of nitrogens with one attached hydrogen (secondary N) is 1. The monoisotopic (exact) mass is 276 g/mol. The van der Waals surface area contributed by atoms with Gasteiger partial charge in [-0.15, -0.1) is 0 Å². The zero-order valence-electron chi connectivity index (χ0n) is 11.1. The number of fused-ring (bicyclic) bond motifs is 1. The van der Waals surface area contributed by atoms with Gasteiger partial charge in [0, 0.05) is 11.4 Å². The second kappa shape index (κ2) is 4.34. The molecule has 19 heavy (non-hydrogen) atoms. The van der Waals surface area contributed by atoms with Crippen molar-refractivity contribution in [2.24, 2.45) is 16.4 Å². The summed E-state index contributed by atoms with van der Waals surface area (Å²) in [5, 5.41) is 5.10. The van der Waals surface area contributed by atoms with Crippen LogP contribution in [0.3, 0.4) is 0 Å². The van der Waals surface area contributed by atoms with E-state index in [2.05, 4.69) is 24.4 Å². The minimum Gasteiger partial charge on any atom is -0.306 e. The molecular weight excluding hydrogens is 260 g/mol. The molecule has 3 nitrogen and oxygen atoms in total. The maximum atomic E-state index is 12.4. The van der Waals surface area contributed by atoms with Gasteiger partial charge in [-0.2, -0.15) is 5.10 Å². The first-order valence-electron chi connectivity index (χ1n) is 6.58. The smallest absolute Gasteiger partial charge is 0.144 e. The van der Waals surface area contributed by atoms with E-state index < -0.39 is 0 Å². The number of hydrazone groups is 1. The highest BCUT2D eigenvalue weighted by Crippen LogP contribution is 2.39. The summed E-state index contributed by atoms with van der Waals surface area (Å²) < 4.78 is 0. The van der Waals surface area contributed by atoms with Gasteiger partial charge in [0.25, 0.3) is 0 Å². The van der Waals surface area contributed by atoms with Crippen LogP contribution in [-0.4, -0.2) is 17.5 Å². The molecule has 2 aliphatic rings. The van der Waals surface area contributed by atoms with Crippen molar-refractivity contribution in [3.8, 4) is 0 Å². The molecule has 100 valence electrons. The highest BCUT2D eigenvalue weighted by Gasteiger charge is 2.46. The van der Waals surface area contributed by atoms with Crippen LogP contribution in [0.5, 0.6) is 0 Å². The van der Waals surface area contributed by atoms with Gasteiger partial charge in [0.2, 0.25) is 0 Å². The number of hydrogen-bond donors (Lipinski definition) is 1. The van der Waals surface area contributed by atoms with Crippen LogP contribution in [0.4, 0.5) is 0 Å². The van der Waals surface area contributed by atoms with Gasteiger partial charge in [0.15, 0.2) is 0 Å². The van der Waals surface area contributed by atoms with E-state index in [0.717, 1.165) is 17.7 Å². The predicted octanol–water partition coefficient (Wildman–Crippen LogP) is 3.02. The largest absolute Gasteiger partial charge is 0.306 e. The zero-order chi connectivity index (χ0) is 13.6. The predicted molar refractivity (Wildman–Crippen MR) is 76.4 cm³/mol. The van der Waals surface area contributed by atoms with Gasteiger partial charge in [0.05, 0.1) is 17.7 Å². The highest BCUT2D eigenvalue weighted by atomic mass is 35.5. The molecule has 1 N–H and O–H groups in total. The van der Waals surface area contributed by atoms with Crippen molar-refractivity contribution in [1.82, 2.24) is 5.43 Å². The summed E-state index contributed by atoms with van der Waals surface area (Å²) in [7, 11) is 0. The van der Waals surface area contributed by atoms with Crippen LogP contribution in [0, 0.1) is 11.3 Å². The van der Waals surface area contributed by atoms with E-state index in [1.807, 2.05) is 24.3 Å². The van der Waals surface area contributed by atoms with Gasteiger partial charge in [-0.1, -0.05) is 37.6 Å². The Morgan fingerprint density at radius 3 is 2.68 bits per heavy atom. The highest BCUT2D eigenvalue weighted by molar-refractivity contribution is 6.30. The maximum absolute atomic E-state index is 12.4. The van der Waals surface area contributed by atoms with E-state index in [9.17, 15) is 4.79 Å². The third-order valence-corrected chi connectivity index (χ3v) is 4.21. The number of rotatable bonds is 1. The molecule has 1 aromatic carbocycles. The van der Waals surface area contributed by atoms with Crippen molar-refractivity contribution in [2.75, 3.05) is 0 Å². The molecule has 1 heterocycles. The van der Waals surface area contributed by atoms with Crippen LogP contribution in [0.15, 0.2) is 29.4 Å². The standard InChI is InChI=1S/C15H17ClN2O/c1-15(2)7-11-13(12(19)8-15)14(18-17-11)9-3-5-10(16)6-4-9/h3-6,11,13,17H,7-8H2,1-2H3/t11-,13-/m0/s1. The minimum absolute atomic E-state index is 0.0657. The molecule has 0 bridgehead atoms. The van der Waals surface area contributed by atoms with Crippen molar-refractivity contribution in [3.05, 3.63) is 34.9 Å². The van der Waals surface area contributed by atoms with E-state index in [4.69, 9.17) is 11.6 Å². The Morgan fingerprint density at radius 1 is 1.32 bits per heavy atom. The fraction of sp³-hybridized carbons (Fsp3) is 0.467. The van der Waals surface area contributed by atoms with E-state index in [1.165, 1.54) is 0 Å². The number of nitrogens with zero attached hydrogens (tertiary/aromatic N) is 1. The van der Waals surface area contributed by atoms with Gasteiger partial charge < -0.3 is 5.43 Å². The number of hydrogen-bond acceptors (Lipinski definition) is 3. The Kier molecular flexibility index (Phi) is 2.90. The van der Waals surface area contributed by atoms with Crippen LogP contribution in [0.2, 0.25) is 5.02 Å². The zero-order valence-corrected chi connectivity index (χ0v) is 11.9. The summed E-state index contributed by atoms with van der Waals surface area (Å²) in [4.78, 5) is 12.4. The first-order valence-corrected chi connectivity index (χ1v) is 6.96. The number of benzene rings is 1. The number of halogens is 1. The Balaban J connectivity index is 1.90. The van der Waals surface area contributed by atoms with Crippen LogP contribution in [-0.2, 0) is 4.79 Å². The van der Waals surface area contributed by atoms with Gasteiger partial charge in [0.1, 0.15) is 5.78 Å². The Morgan fingerprint density at radius 2 is 2.00 bits per heavy atom. The van der Waals surface area contributed by atoms with E-state index in [1.54, 1.807) is 0 Å². The molecule has 1 aliphatic carbocycles. The summed E-state index contributed by atoms with van der Waals surface area (Å²) in [6.45, 7) is 4.28. The molecule has 0 aromatic heterocycles. The Bertz CT molecular complexity index is 548. The normalized spacial score (nSPS) is 28.6. The third kappa shape index (κ3) is 2.27. The number of carbonyl (C=O) groups is 1. The lowest BCUT2D eigenvalue weighted by molar-refractivity contribution is -0.126. The first kappa shape index (κ1) is 12.7. The number of ketones is 1. The summed E-state index contributed by atoms with van der Waals surface area (Å²) in [5.41, 5.74) is 5.05. The first-order chi connectivity index (χ1) is 8.96. The van der Waals surface area contributed by atoms with E-state index >= 15 is 0 Å².